The normalized spacial score (nSPS) is 10.8. The number of carboxylic acid groups (broad SMARTS) is 1. The van der Waals surface area contributed by atoms with Gasteiger partial charge in [-0.05, 0) is 40.0 Å². The molecule has 0 fully saturated rings. The Hall–Kier alpha value is -1.36. The van der Waals surface area contributed by atoms with Gasteiger partial charge in [0.2, 0.25) is 0 Å². The third-order valence-electron chi connectivity index (χ3n) is 2.24. The number of aromatic nitrogens is 2. The first-order valence-corrected chi connectivity index (χ1v) is 5.32. The molecule has 0 radical (unpaired) electrons. The van der Waals surface area contributed by atoms with Crippen molar-refractivity contribution >= 4 is 27.5 Å². The zero-order chi connectivity index (χ0) is 11.0. The fourth-order valence-electron chi connectivity index (χ4n) is 1.41. The SMILES string of the molecule is CCc1ccn2c(Br)c(C(=O)O)nc2c1. The number of hydrogen-bond acceptors (Lipinski definition) is 2. The summed E-state index contributed by atoms with van der Waals surface area (Å²) >= 11 is 3.22. The number of aromatic carboxylic acids is 1. The minimum atomic E-state index is -1.02. The van der Waals surface area contributed by atoms with E-state index in [1.165, 1.54) is 0 Å². The predicted molar refractivity (Wildman–Crippen MR) is 59.2 cm³/mol. The van der Waals surface area contributed by atoms with Crippen LogP contribution in [0.5, 0.6) is 0 Å². The van der Waals surface area contributed by atoms with E-state index in [-0.39, 0.29) is 5.69 Å². The Morgan fingerprint density at radius 2 is 2.40 bits per heavy atom. The quantitative estimate of drug-likeness (QED) is 0.910. The lowest BCUT2D eigenvalue weighted by Crippen LogP contribution is -1.97. The minimum absolute atomic E-state index is 0.0447. The molecule has 4 nitrogen and oxygen atoms in total. The first-order valence-electron chi connectivity index (χ1n) is 4.53. The van der Waals surface area contributed by atoms with Gasteiger partial charge in [0.15, 0.2) is 5.69 Å². The summed E-state index contributed by atoms with van der Waals surface area (Å²) in [6, 6.07) is 3.84. The zero-order valence-corrected chi connectivity index (χ0v) is 9.65. The fourth-order valence-corrected chi connectivity index (χ4v) is 1.97. The Labute approximate surface area is 94.7 Å². The van der Waals surface area contributed by atoms with E-state index < -0.39 is 5.97 Å². The number of hydrogen-bond donors (Lipinski definition) is 1. The van der Waals surface area contributed by atoms with Crippen LogP contribution >= 0.6 is 15.9 Å². The summed E-state index contributed by atoms with van der Waals surface area (Å²) in [6.45, 7) is 2.04. The van der Waals surface area contributed by atoms with E-state index in [9.17, 15) is 4.79 Å². The molecule has 0 aliphatic carbocycles. The highest BCUT2D eigenvalue weighted by Crippen LogP contribution is 2.19. The number of rotatable bonds is 2. The van der Waals surface area contributed by atoms with Crippen molar-refractivity contribution in [2.45, 2.75) is 13.3 Å². The highest BCUT2D eigenvalue weighted by atomic mass is 79.9. The topological polar surface area (TPSA) is 54.6 Å². The summed E-state index contributed by atoms with van der Waals surface area (Å²) in [5, 5.41) is 8.89. The highest BCUT2D eigenvalue weighted by molar-refractivity contribution is 9.10. The van der Waals surface area contributed by atoms with Gasteiger partial charge >= 0.3 is 5.97 Å². The van der Waals surface area contributed by atoms with E-state index in [0.717, 1.165) is 12.0 Å². The lowest BCUT2D eigenvalue weighted by Gasteiger charge is -1.97. The molecule has 2 aromatic heterocycles. The van der Waals surface area contributed by atoms with Crippen molar-refractivity contribution < 1.29 is 9.90 Å². The van der Waals surface area contributed by atoms with Gasteiger partial charge in [0.25, 0.3) is 0 Å². The molecule has 2 rings (SSSR count). The number of imidazole rings is 1. The number of aryl methyl sites for hydroxylation is 1. The Balaban J connectivity index is 2.70. The number of pyridine rings is 1. The molecule has 0 spiro atoms. The Morgan fingerprint density at radius 3 is 3.00 bits per heavy atom. The first kappa shape index (κ1) is 10.2. The van der Waals surface area contributed by atoms with Gasteiger partial charge in [-0.25, -0.2) is 9.78 Å². The van der Waals surface area contributed by atoms with E-state index in [0.29, 0.717) is 10.3 Å². The van der Waals surface area contributed by atoms with Crippen LogP contribution in [0.3, 0.4) is 0 Å². The van der Waals surface area contributed by atoms with Crippen molar-refractivity contribution in [2.24, 2.45) is 0 Å². The van der Waals surface area contributed by atoms with Gasteiger partial charge in [-0.3, -0.25) is 4.40 Å². The van der Waals surface area contributed by atoms with Crippen LogP contribution in [-0.2, 0) is 6.42 Å². The smallest absolute Gasteiger partial charge is 0.357 e. The second-order valence-electron chi connectivity index (χ2n) is 3.17. The molecular formula is C10H9BrN2O2. The lowest BCUT2D eigenvalue weighted by atomic mass is 10.2. The zero-order valence-electron chi connectivity index (χ0n) is 8.07. The van der Waals surface area contributed by atoms with Crippen molar-refractivity contribution in [3.8, 4) is 0 Å². The third-order valence-corrected chi connectivity index (χ3v) is 3.00. The molecule has 0 atom stereocenters. The molecule has 0 aliphatic rings. The molecule has 2 aromatic rings. The molecule has 0 saturated heterocycles. The maximum Gasteiger partial charge on any atom is 0.357 e. The molecule has 0 aliphatic heterocycles. The molecule has 2 heterocycles. The molecule has 1 N–H and O–H groups in total. The van der Waals surface area contributed by atoms with Crippen LogP contribution in [0.25, 0.3) is 5.65 Å². The second-order valence-corrected chi connectivity index (χ2v) is 3.92. The van der Waals surface area contributed by atoms with Crippen molar-refractivity contribution in [3.05, 3.63) is 34.2 Å². The van der Waals surface area contributed by atoms with Crippen molar-refractivity contribution in [1.29, 1.82) is 0 Å². The maximum atomic E-state index is 10.8. The molecule has 0 amide bonds. The van der Waals surface area contributed by atoms with Crippen molar-refractivity contribution in [1.82, 2.24) is 9.38 Å². The molecular weight excluding hydrogens is 260 g/mol. The number of carbonyl (C=O) groups is 1. The summed E-state index contributed by atoms with van der Waals surface area (Å²) in [4.78, 5) is 14.9. The number of nitrogens with zero attached hydrogens (tertiary/aromatic N) is 2. The van der Waals surface area contributed by atoms with Crippen LogP contribution < -0.4 is 0 Å². The van der Waals surface area contributed by atoms with Gasteiger partial charge in [0.1, 0.15) is 10.3 Å². The summed E-state index contributed by atoms with van der Waals surface area (Å²) in [5.41, 5.74) is 1.83. The van der Waals surface area contributed by atoms with Crippen LogP contribution in [0.2, 0.25) is 0 Å². The van der Waals surface area contributed by atoms with Crippen LogP contribution in [0.15, 0.2) is 22.9 Å². The third kappa shape index (κ3) is 1.63. The highest BCUT2D eigenvalue weighted by Gasteiger charge is 2.15. The average molecular weight is 269 g/mol. The van der Waals surface area contributed by atoms with E-state index in [1.54, 1.807) is 4.40 Å². The second kappa shape index (κ2) is 3.66. The van der Waals surface area contributed by atoms with E-state index in [4.69, 9.17) is 5.11 Å². The molecule has 0 aromatic carbocycles. The van der Waals surface area contributed by atoms with E-state index >= 15 is 0 Å². The summed E-state index contributed by atoms with van der Waals surface area (Å²) in [7, 11) is 0. The van der Waals surface area contributed by atoms with Gasteiger partial charge in [-0.2, -0.15) is 0 Å². The average Bonchev–Trinajstić information content (AvgIpc) is 2.55. The van der Waals surface area contributed by atoms with Crippen LogP contribution in [0, 0.1) is 0 Å². The molecule has 0 bridgehead atoms. The minimum Gasteiger partial charge on any atom is -0.476 e. The maximum absolute atomic E-state index is 10.8. The van der Waals surface area contributed by atoms with Crippen LogP contribution in [-0.4, -0.2) is 20.5 Å². The predicted octanol–water partition coefficient (Wildman–Crippen LogP) is 2.36. The van der Waals surface area contributed by atoms with Gasteiger partial charge in [0.05, 0.1) is 0 Å². The van der Waals surface area contributed by atoms with Gasteiger partial charge in [0, 0.05) is 6.20 Å². The van der Waals surface area contributed by atoms with E-state index in [1.807, 2.05) is 25.3 Å². The molecule has 15 heavy (non-hydrogen) atoms. The Kier molecular flexibility index (Phi) is 2.48. The number of halogens is 1. The number of fused-ring (bicyclic) bond motifs is 1. The largest absolute Gasteiger partial charge is 0.476 e. The molecule has 0 saturated carbocycles. The van der Waals surface area contributed by atoms with Gasteiger partial charge in [-0.15, -0.1) is 0 Å². The fraction of sp³-hybridized carbons (Fsp3) is 0.200. The van der Waals surface area contributed by atoms with Crippen molar-refractivity contribution in [3.63, 3.8) is 0 Å². The lowest BCUT2D eigenvalue weighted by molar-refractivity contribution is 0.0690. The first-order chi connectivity index (χ1) is 7.13. The standard InChI is InChI=1S/C10H9BrN2O2/c1-2-6-3-4-13-7(5-6)12-8(9(13)11)10(14)15/h3-5H,2H2,1H3,(H,14,15). The molecule has 5 heteroatoms. The summed E-state index contributed by atoms with van der Waals surface area (Å²) in [5.74, 6) is -1.02. The van der Waals surface area contributed by atoms with Crippen LogP contribution in [0.4, 0.5) is 0 Å². The number of carboxylic acids is 1. The van der Waals surface area contributed by atoms with Crippen molar-refractivity contribution in [2.75, 3.05) is 0 Å². The Bertz CT molecular complexity index is 533. The van der Waals surface area contributed by atoms with Gasteiger partial charge < -0.3 is 5.11 Å². The van der Waals surface area contributed by atoms with Gasteiger partial charge in [-0.1, -0.05) is 6.92 Å². The van der Waals surface area contributed by atoms with E-state index in [2.05, 4.69) is 20.9 Å². The molecule has 78 valence electrons. The summed E-state index contributed by atoms with van der Waals surface area (Å²) < 4.78 is 2.19. The monoisotopic (exact) mass is 268 g/mol. The molecule has 0 unspecified atom stereocenters. The summed E-state index contributed by atoms with van der Waals surface area (Å²) in [6.07, 6.45) is 2.72. The Morgan fingerprint density at radius 1 is 1.67 bits per heavy atom. The van der Waals surface area contributed by atoms with Crippen LogP contribution in [0.1, 0.15) is 23.0 Å².